The van der Waals surface area contributed by atoms with Crippen LogP contribution in [0.3, 0.4) is 0 Å². The molecule has 0 radical (unpaired) electrons. The normalized spacial score (nSPS) is 13.0. The fourth-order valence-corrected chi connectivity index (χ4v) is 4.14. The monoisotopic (exact) mass is 339 g/mol. The summed E-state index contributed by atoms with van der Waals surface area (Å²) in [5, 5.41) is 0. The van der Waals surface area contributed by atoms with Gasteiger partial charge in [-0.2, -0.15) is 0 Å². The van der Waals surface area contributed by atoms with Gasteiger partial charge in [-0.3, -0.25) is 4.90 Å². The molecule has 0 saturated carbocycles. The Hall–Kier alpha value is -0.0400. The van der Waals surface area contributed by atoms with Gasteiger partial charge in [0.1, 0.15) is 0 Å². The average Bonchev–Trinajstić information content (AvgIpc) is 2.53. The SMILES string of the molecule is CCCCCCCCCN(C(C)(C)CCCC)C(C)(C)CCCC. The second kappa shape index (κ2) is 13.2. The highest BCUT2D eigenvalue weighted by atomic mass is 15.2. The number of rotatable bonds is 16. The van der Waals surface area contributed by atoms with E-state index in [0.29, 0.717) is 11.1 Å². The molecule has 0 fully saturated rings. The van der Waals surface area contributed by atoms with Crippen LogP contribution in [0.2, 0.25) is 0 Å². The highest BCUT2D eigenvalue weighted by Crippen LogP contribution is 2.33. The number of nitrogens with zero attached hydrogens (tertiary/aromatic N) is 1. The van der Waals surface area contributed by atoms with Gasteiger partial charge in [-0.25, -0.2) is 0 Å². The van der Waals surface area contributed by atoms with E-state index in [2.05, 4.69) is 53.4 Å². The van der Waals surface area contributed by atoms with Crippen LogP contribution in [0.1, 0.15) is 132 Å². The van der Waals surface area contributed by atoms with Crippen molar-refractivity contribution in [3.8, 4) is 0 Å². The van der Waals surface area contributed by atoms with Gasteiger partial charge in [0.2, 0.25) is 0 Å². The van der Waals surface area contributed by atoms with Crippen LogP contribution in [0.5, 0.6) is 0 Å². The molecule has 0 aliphatic rings. The minimum absolute atomic E-state index is 0.329. The molecule has 0 saturated heterocycles. The summed E-state index contributed by atoms with van der Waals surface area (Å²) < 4.78 is 0. The van der Waals surface area contributed by atoms with Gasteiger partial charge in [-0.1, -0.05) is 85.0 Å². The van der Waals surface area contributed by atoms with Crippen LogP contribution >= 0.6 is 0 Å². The van der Waals surface area contributed by atoms with E-state index < -0.39 is 0 Å². The van der Waals surface area contributed by atoms with Crippen molar-refractivity contribution in [2.75, 3.05) is 6.54 Å². The Labute approximate surface area is 155 Å². The minimum Gasteiger partial charge on any atom is -0.293 e. The maximum absolute atomic E-state index is 2.86. The maximum Gasteiger partial charge on any atom is 0.0158 e. The highest BCUT2D eigenvalue weighted by Gasteiger charge is 2.36. The molecule has 0 aliphatic carbocycles. The first-order chi connectivity index (χ1) is 11.3. The van der Waals surface area contributed by atoms with Crippen LogP contribution in [0.15, 0.2) is 0 Å². The first-order valence-electron chi connectivity index (χ1n) is 11.1. The maximum atomic E-state index is 2.86. The molecule has 0 spiro atoms. The molecule has 0 amide bonds. The summed E-state index contributed by atoms with van der Waals surface area (Å²) in [5.41, 5.74) is 0.658. The van der Waals surface area contributed by atoms with E-state index in [1.54, 1.807) is 0 Å². The molecule has 0 heterocycles. The molecular weight excluding hydrogens is 290 g/mol. The molecule has 0 aromatic heterocycles. The van der Waals surface area contributed by atoms with Gasteiger partial charge in [0.05, 0.1) is 0 Å². The smallest absolute Gasteiger partial charge is 0.0158 e. The molecule has 0 aromatic carbocycles. The van der Waals surface area contributed by atoms with Gasteiger partial charge in [0.15, 0.2) is 0 Å². The third-order valence-corrected chi connectivity index (χ3v) is 5.73. The molecule has 0 aliphatic heterocycles. The Kier molecular flexibility index (Phi) is 13.2. The Bertz CT molecular complexity index is 260. The fourth-order valence-electron chi connectivity index (χ4n) is 4.14. The third-order valence-electron chi connectivity index (χ3n) is 5.73. The van der Waals surface area contributed by atoms with Crippen molar-refractivity contribution in [2.24, 2.45) is 0 Å². The molecule has 0 aromatic rings. The second-order valence-corrected chi connectivity index (χ2v) is 9.10. The summed E-state index contributed by atoms with van der Waals surface area (Å²) in [5.74, 6) is 0. The molecule has 1 nitrogen and oxygen atoms in total. The number of hydrogen-bond donors (Lipinski definition) is 0. The molecule has 1 heteroatoms. The summed E-state index contributed by atoms with van der Waals surface area (Å²) in [6, 6.07) is 0. The largest absolute Gasteiger partial charge is 0.293 e. The van der Waals surface area contributed by atoms with Gasteiger partial charge < -0.3 is 0 Å². The molecule has 0 bridgehead atoms. The van der Waals surface area contributed by atoms with E-state index in [1.807, 2.05) is 0 Å². The average molecular weight is 340 g/mol. The topological polar surface area (TPSA) is 3.24 Å². The molecular formula is C23H49N. The van der Waals surface area contributed by atoms with Crippen LogP contribution in [0, 0.1) is 0 Å². The van der Waals surface area contributed by atoms with Gasteiger partial charge in [0, 0.05) is 11.1 Å². The molecule has 0 rings (SSSR count). The lowest BCUT2D eigenvalue weighted by Gasteiger charge is -2.49. The molecule has 24 heavy (non-hydrogen) atoms. The van der Waals surface area contributed by atoms with Crippen LogP contribution in [0.4, 0.5) is 0 Å². The lowest BCUT2D eigenvalue weighted by Crippen LogP contribution is -2.55. The molecule has 0 atom stereocenters. The van der Waals surface area contributed by atoms with Gasteiger partial charge >= 0.3 is 0 Å². The highest BCUT2D eigenvalue weighted by molar-refractivity contribution is 4.92. The zero-order chi connectivity index (χ0) is 18.5. The summed E-state index contributed by atoms with van der Waals surface area (Å²) in [6.45, 7) is 18.2. The minimum atomic E-state index is 0.329. The lowest BCUT2D eigenvalue weighted by molar-refractivity contribution is 0.00199. The standard InChI is InChI=1S/C23H49N/c1-8-11-14-15-16-17-18-21-24(22(4,5)19-12-9-2)23(6,7)20-13-10-3/h8-21H2,1-7H3. The zero-order valence-corrected chi connectivity index (χ0v) is 18.3. The fraction of sp³-hybridized carbons (Fsp3) is 1.00. The van der Waals surface area contributed by atoms with Crippen LogP contribution < -0.4 is 0 Å². The first-order valence-corrected chi connectivity index (χ1v) is 11.1. The summed E-state index contributed by atoms with van der Waals surface area (Å²) in [6.07, 6.45) is 17.8. The summed E-state index contributed by atoms with van der Waals surface area (Å²) >= 11 is 0. The van der Waals surface area contributed by atoms with Crippen molar-refractivity contribution >= 4 is 0 Å². The van der Waals surface area contributed by atoms with Crippen molar-refractivity contribution in [3.63, 3.8) is 0 Å². The number of unbranched alkanes of at least 4 members (excludes halogenated alkanes) is 8. The molecule has 0 unspecified atom stereocenters. The van der Waals surface area contributed by atoms with Crippen molar-refractivity contribution < 1.29 is 0 Å². The van der Waals surface area contributed by atoms with Gasteiger partial charge in [-0.15, -0.1) is 0 Å². The second-order valence-electron chi connectivity index (χ2n) is 9.10. The molecule has 146 valence electrons. The van der Waals surface area contributed by atoms with Crippen molar-refractivity contribution in [2.45, 2.75) is 143 Å². The van der Waals surface area contributed by atoms with E-state index in [9.17, 15) is 0 Å². The van der Waals surface area contributed by atoms with E-state index in [-0.39, 0.29) is 0 Å². The van der Waals surface area contributed by atoms with Crippen LogP contribution in [-0.2, 0) is 0 Å². The van der Waals surface area contributed by atoms with Gasteiger partial charge in [-0.05, 0) is 53.5 Å². The lowest BCUT2D eigenvalue weighted by atomic mass is 9.85. The predicted octanol–water partition coefficient (Wildman–Crippen LogP) is 7.98. The predicted molar refractivity (Wildman–Crippen MR) is 112 cm³/mol. The zero-order valence-electron chi connectivity index (χ0n) is 18.3. The summed E-state index contributed by atoms with van der Waals surface area (Å²) in [7, 11) is 0. The Morgan fingerprint density at radius 2 is 0.875 bits per heavy atom. The van der Waals surface area contributed by atoms with E-state index >= 15 is 0 Å². The first kappa shape index (κ1) is 24.0. The van der Waals surface area contributed by atoms with Crippen LogP contribution in [0.25, 0.3) is 0 Å². The summed E-state index contributed by atoms with van der Waals surface area (Å²) in [4.78, 5) is 2.86. The Morgan fingerprint density at radius 3 is 1.29 bits per heavy atom. The van der Waals surface area contributed by atoms with E-state index in [4.69, 9.17) is 0 Å². The Balaban J connectivity index is 4.57. The third kappa shape index (κ3) is 10.1. The van der Waals surface area contributed by atoms with Crippen molar-refractivity contribution in [1.29, 1.82) is 0 Å². The molecule has 0 N–H and O–H groups in total. The van der Waals surface area contributed by atoms with Crippen LogP contribution in [-0.4, -0.2) is 22.5 Å². The number of hydrogen-bond acceptors (Lipinski definition) is 1. The van der Waals surface area contributed by atoms with Gasteiger partial charge in [0.25, 0.3) is 0 Å². The Morgan fingerprint density at radius 1 is 0.500 bits per heavy atom. The van der Waals surface area contributed by atoms with Crippen molar-refractivity contribution in [1.82, 2.24) is 4.90 Å². The quantitative estimate of drug-likeness (QED) is 0.258. The van der Waals surface area contributed by atoms with E-state index in [0.717, 1.165) is 0 Å². The van der Waals surface area contributed by atoms with Crippen molar-refractivity contribution in [3.05, 3.63) is 0 Å². The van der Waals surface area contributed by atoms with E-state index in [1.165, 1.54) is 90.0 Å².